The van der Waals surface area contributed by atoms with Crippen molar-refractivity contribution in [2.24, 2.45) is 5.73 Å². The van der Waals surface area contributed by atoms with Gasteiger partial charge in [-0.3, -0.25) is 0 Å². The van der Waals surface area contributed by atoms with Gasteiger partial charge in [0.05, 0.1) is 0 Å². The van der Waals surface area contributed by atoms with Crippen molar-refractivity contribution in [3.63, 3.8) is 0 Å². The largest absolute Gasteiger partial charge is 0.330 e. The van der Waals surface area contributed by atoms with Crippen molar-refractivity contribution in [1.29, 1.82) is 0 Å². The number of aryl methyl sites for hydroxylation is 2. The molecule has 0 atom stereocenters. The third kappa shape index (κ3) is 3.05. The normalized spacial score (nSPS) is 10.6. The number of anilines is 2. The van der Waals surface area contributed by atoms with E-state index in [1.807, 2.05) is 6.92 Å². The molecule has 4 nitrogen and oxygen atoms in total. The monoisotopic (exact) mass is 262 g/mol. The number of aromatic nitrogens is 2. The van der Waals surface area contributed by atoms with Gasteiger partial charge >= 0.3 is 0 Å². The van der Waals surface area contributed by atoms with Crippen LogP contribution in [0.5, 0.6) is 0 Å². The molecule has 0 aliphatic rings. The highest BCUT2D eigenvalue weighted by molar-refractivity contribution is 7.09. The molecule has 0 amide bonds. The van der Waals surface area contributed by atoms with Gasteiger partial charge < -0.3 is 10.6 Å². The van der Waals surface area contributed by atoms with E-state index in [1.165, 1.54) is 17.1 Å². The summed E-state index contributed by atoms with van der Waals surface area (Å²) in [7, 11) is 0. The van der Waals surface area contributed by atoms with E-state index in [-0.39, 0.29) is 0 Å². The summed E-state index contributed by atoms with van der Waals surface area (Å²) in [4.78, 5) is 6.63. The number of nitrogens with zero attached hydrogens (tertiary/aromatic N) is 3. The maximum absolute atomic E-state index is 5.60. The zero-order chi connectivity index (χ0) is 13.0. The van der Waals surface area contributed by atoms with Gasteiger partial charge in [-0.25, -0.2) is 4.98 Å². The van der Waals surface area contributed by atoms with Gasteiger partial charge in [0.2, 0.25) is 5.13 Å². The summed E-state index contributed by atoms with van der Waals surface area (Å²) in [5.74, 6) is 0.819. The van der Waals surface area contributed by atoms with Crippen molar-refractivity contribution in [3.05, 3.63) is 35.7 Å². The lowest BCUT2D eigenvalue weighted by Crippen LogP contribution is -2.20. The van der Waals surface area contributed by atoms with Gasteiger partial charge in [-0.2, -0.15) is 4.37 Å². The molecule has 5 heteroatoms. The lowest BCUT2D eigenvalue weighted by atomic mass is 10.2. The van der Waals surface area contributed by atoms with Crippen LogP contribution in [0.25, 0.3) is 0 Å². The lowest BCUT2D eigenvalue weighted by molar-refractivity contribution is 0.814. The van der Waals surface area contributed by atoms with Crippen molar-refractivity contribution in [2.75, 3.05) is 18.0 Å². The molecule has 0 unspecified atom stereocenters. The highest BCUT2D eigenvalue weighted by Gasteiger charge is 2.12. The van der Waals surface area contributed by atoms with Crippen LogP contribution in [0.2, 0.25) is 0 Å². The van der Waals surface area contributed by atoms with Crippen LogP contribution in [0.3, 0.4) is 0 Å². The van der Waals surface area contributed by atoms with Crippen molar-refractivity contribution in [3.8, 4) is 0 Å². The Labute approximate surface area is 112 Å². The molecule has 0 aliphatic carbocycles. The summed E-state index contributed by atoms with van der Waals surface area (Å²) >= 11 is 1.43. The van der Waals surface area contributed by atoms with Gasteiger partial charge in [0.25, 0.3) is 0 Å². The van der Waals surface area contributed by atoms with E-state index in [1.54, 1.807) is 0 Å². The van der Waals surface area contributed by atoms with E-state index in [0.29, 0.717) is 6.54 Å². The average Bonchev–Trinajstić information content (AvgIpc) is 2.78. The average molecular weight is 262 g/mol. The quantitative estimate of drug-likeness (QED) is 0.900. The first-order valence-corrected chi connectivity index (χ1v) is 6.82. The Morgan fingerprint density at radius 2 is 1.94 bits per heavy atom. The van der Waals surface area contributed by atoms with Crippen LogP contribution in [0.1, 0.15) is 17.8 Å². The number of hydrogen-bond acceptors (Lipinski definition) is 5. The maximum Gasteiger partial charge on any atom is 0.209 e. The van der Waals surface area contributed by atoms with Crippen molar-refractivity contribution in [1.82, 2.24) is 9.36 Å². The third-order valence-corrected chi connectivity index (χ3v) is 3.51. The van der Waals surface area contributed by atoms with Gasteiger partial charge in [0, 0.05) is 23.8 Å². The predicted molar refractivity (Wildman–Crippen MR) is 76.5 cm³/mol. The SMILES string of the molecule is Cc1ccc(N(CCCN)c2nc(C)ns2)cc1. The minimum Gasteiger partial charge on any atom is -0.330 e. The van der Waals surface area contributed by atoms with E-state index in [0.717, 1.165) is 29.6 Å². The van der Waals surface area contributed by atoms with E-state index in [9.17, 15) is 0 Å². The minimum atomic E-state index is 0.681. The molecule has 0 saturated heterocycles. The van der Waals surface area contributed by atoms with E-state index < -0.39 is 0 Å². The topological polar surface area (TPSA) is 55.0 Å². The van der Waals surface area contributed by atoms with Gasteiger partial charge in [0.1, 0.15) is 5.82 Å². The first-order valence-electron chi connectivity index (χ1n) is 6.05. The molecular weight excluding hydrogens is 244 g/mol. The van der Waals surface area contributed by atoms with E-state index in [4.69, 9.17) is 5.73 Å². The van der Waals surface area contributed by atoms with Gasteiger partial charge in [0.15, 0.2) is 0 Å². The molecule has 0 saturated carbocycles. The van der Waals surface area contributed by atoms with Crippen LogP contribution < -0.4 is 10.6 Å². The zero-order valence-corrected chi connectivity index (χ0v) is 11.6. The first-order chi connectivity index (χ1) is 8.70. The second-order valence-corrected chi connectivity index (χ2v) is 4.98. The smallest absolute Gasteiger partial charge is 0.209 e. The molecule has 18 heavy (non-hydrogen) atoms. The highest BCUT2D eigenvalue weighted by atomic mass is 32.1. The Kier molecular flexibility index (Phi) is 4.28. The molecule has 0 fully saturated rings. The number of benzene rings is 1. The second-order valence-electron chi connectivity index (χ2n) is 4.25. The Morgan fingerprint density at radius 1 is 1.22 bits per heavy atom. The lowest BCUT2D eigenvalue weighted by Gasteiger charge is -2.21. The van der Waals surface area contributed by atoms with Gasteiger partial charge in [-0.15, -0.1) is 0 Å². The first kappa shape index (κ1) is 13.0. The Bertz CT molecular complexity index is 492. The summed E-state index contributed by atoms with van der Waals surface area (Å²) in [6, 6.07) is 8.45. The summed E-state index contributed by atoms with van der Waals surface area (Å²) in [6.45, 7) is 5.55. The molecular formula is C13H18N4S. The third-order valence-electron chi connectivity index (χ3n) is 2.68. The van der Waals surface area contributed by atoms with Gasteiger partial charge in [-0.05, 0) is 38.9 Å². The molecule has 0 aliphatic heterocycles. The molecule has 0 radical (unpaired) electrons. The van der Waals surface area contributed by atoms with E-state index >= 15 is 0 Å². The van der Waals surface area contributed by atoms with Gasteiger partial charge in [-0.1, -0.05) is 17.7 Å². The molecule has 96 valence electrons. The Balaban J connectivity index is 2.27. The summed E-state index contributed by atoms with van der Waals surface area (Å²) in [5.41, 5.74) is 8.00. The van der Waals surface area contributed by atoms with Crippen LogP contribution in [0, 0.1) is 13.8 Å². The summed E-state index contributed by atoms with van der Waals surface area (Å²) in [6.07, 6.45) is 0.937. The molecule has 1 heterocycles. The Morgan fingerprint density at radius 3 is 2.50 bits per heavy atom. The van der Waals surface area contributed by atoms with Crippen LogP contribution in [0.15, 0.2) is 24.3 Å². The van der Waals surface area contributed by atoms with Crippen molar-refractivity contribution in [2.45, 2.75) is 20.3 Å². The number of hydrogen-bond donors (Lipinski definition) is 1. The highest BCUT2D eigenvalue weighted by Crippen LogP contribution is 2.27. The molecule has 0 spiro atoms. The standard InChI is InChI=1S/C13H18N4S/c1-10-4-6-12(7-5-10)17(9-3-8-14)13-15-11(2)16-18-13/h4-7H,3,8-9,14H2,1-2H3. The fourth-order valence-corrected chi connectivity index (χ4v) is 2.43. The molecule has 2 N–H and O–H groups in total. The number of nitrogens with two attached hydrogens (primary N) is 1. The predicted octanol–water partition coefficient (Wildman–Crippen LogP) is 2.64. The minimum absolute atomic E-state index is 0.681. The van der Waals surface area contributed by atoms with Crippen LogP contribution in [-0.2, 0) is 0 Å². The fourth-order valence-electron chi connectivity index (χ4n) is 1.71. The zero-order valence-electron chi connectivity index (χ0n) is 10.8. The molecule has 0 bridgehead atoms. The van der Waals surface area contributed by atoms with E-state index in [2.05, 4.69) is 45.4 Å². The Hall–Kier alpha value is -1.46. The number of rotatable bonds is 5. The summed E-state index contributed by atoms with van der Waals surface area (Å²) in [5, 5.41) is 0.935. The van der Waals surface area contributed by atoms with Crippen LogP contribution in [-0.4, -0.2) is 22.4 Å². The molecule has 2 rings (SSSR count). The molecule has 1 aromatic heterocycles. The maximum atomic E-state index is 5.60. The summed E-state index contributed by atoms with van der Waals surface area (Å²) < 4.78 is 4.25. The molecule has 2 aromatic rings. The second kappa shape index (κ2) is 5.93. The molecule has 1 aromatic carbocycles. The van der Waals surface area contributed by atoms with Crippen LogP contribution >= 0.6 is 11.5 Å². The fraction of sp³-hybridized carbons (Fsp3) is 0.385. The van der Waals surface area contributed by atoms with Crippen molar-refractivity contribution >= 4 is 22.4 Å². The van der Waals surface area contributed by atoms with Crippen LogP contribution in [0.4, 0.5) is 10.8 Å². The van der Waals surface area contributed by atoms with Crippen molar-refractivity contribution < 1.29 is 0 Å².